The fourth-order valence-electron chi connectivity index (χ4n) is 2.77. The summed E-state index contributed by atoms with van der Waals surface area (Å²) < 4.78 is 0. The third-order valence-corrected chi connectivity index (χ3v) is 4.04. The minimum absolute atomic E-state index is 0.715. The van der Waals surface area contributed by atoms with Gasteiger partial charge in [-0.2, -0.15) is 0 Å². The third kappa shape index (κ3) is 5.71. The Balaban J connectivity index is 2.36. The molecule has 0 aliphatic carbocycles. The topological polar surface area (TPSA) is 0 Å². The van der Waals surface area contributed by atoms with E-state index in [1.165, 1.54) is 50.5 Å². The van der Waals surface area contributed by atoms with E-state index >= 15 is 0 Å². The van der Waals surface area contributed by atoms with E-state index in [1.54, 1.807) is 0 Å². The zero-order valence-electron chi connectivity index (χ0n) is 12.5. The van der Waals surface area contributed by atoms with Crippen molar-refractivity contribution in [2.24, 2.45) is 5.92 Å². The molecular formula is C18H30. The molecule has 102 valence electrons. The van der Waals surface area contributed by atoms with E-state index in [9.17, 15) is 0 Å². The van der Waals surface area contributed by atoms with Gasteiger partial charge in [0.25, 0.3) is 0 Å². The molecule has 0 radical (unpaired) electrons. The summed E-state index contributed by atoms with van der Waals surface area (Å²) >= 11 is 0. The van der Waals surface area contributed by atoms with Crippen LogP contribution in [0, 0.1) is 5.92 Å². The summed E-state index contributed by atoms with van der Waals surface area (Å²) in [4.78, 5) is 0. The standard InChI is InChI=1S/C18H30/c1-4-6-11-17(10-5-2)15-14-16(3)18-12-8-7-9-13-18/h7-9,12-13,16-17H,4-6,10-11,14-15H2,1-3H3. The molecule has 0 heteroatoms. The molecule has 0 bridgehead atoms. The summed E-state index contributed by atoms with van der Waals surface area (Å²) in [5.74, 6) is 1.67. The zero-order chi connectivity index (χ0) is 13.2. The quantitative estimate of drug-likeness (QED) is 0.488. The van der Waals surface area contributed by atoms with E-state index in [2.05, 4.69) is 51.1 Å². The minimum Gasteiger partial charge on any atom is -0.0654 e. The molecule has 1 rings (SSSR count). The number of hydrogen-bond acceptors (Lipinski definition) is 0. The Morgan fingerprint density at radius 2 is 1.56 bits per heavy atom. The second-order valence-corrected chi connectivity index (χ2v) is 5.69. The lowest BCUT2D eigenvalue weighted by molar-refractivity contribution is 0.380. The molecule has 0 heterocycles. The van der Waals surface area contributed by atoms with Crippen molar-refractivity contribution in [3.8, 4) is 0 Å². The molecule has 0 aliphatic rings. The van der Waals surface area contributed by atoms with E-state index in [-0.39, 0.29) is 0 Å². The molecule has 2 atom stereocenters. The first-order valence-electron chi connectivity index (χ1n) is 7.82. The van der Waals surface area contributed by atoms with Crippen LogP contribution in [0.2, 0.25) is 0 Å². The Kier molecular flexibility index (Phi) is 7.80. The van der Waals surface area contributed by atoms with Gasteiger partial charge in [0.15, 0.2) is 0 Å². The van der Waals surface area contributed by atoms with Gasteiger partial charge in [-0.15, -0.1) is 0 Å². The fourth-order valence-corrected chi connectivity index (χ4v) is 2.77. The molecule has 0 saturated heterocycles. The molecule has 1 aromatic rings. The molecule has 0 aromatic heterocycles. The maximum Gasteiger partial charge on any atom is -0.0190 e. The molecule has 0 aliphatic heterocycles. The first-order valence-corrected chi connectivity index (χ1v) is 7.82. The van der Waals surface area contributed by atoms with Gasteiger partial charge in [0.1, 0.15) is 0 Å². The van der Waals surface area contributed by atoms with Crippen molar-refractivity contribution in [3.05, 3.63) is 35.9 Å². The molecule has 18 heavy (non-hydrogen) atoms. The van der Waals surface area contributed by atoms with E-state index in [0.29, 0.717) is 5.92 Å². The van der Waals surface area contributed by atoms with Crippen molar-refractivity contribution >= 4 is 0 Å². The highest BCUT2D eigenvalue weighted by Gasteiger charge is 2.11. The fraction of sp³-hybridized carbons (Fsp3) is 0.667. The minimum atomic E-state index is 0.715. The van der Waals surface area contributed by atoms with Crippen LogP contribution in [0.5, 0.6) is 0 Å². The first kappa shape index (κ1) is 15.3. The van der Waals surface area contributed by atoms with Crippen LogP contribution >= 0.6 is 0 Å². The van der Waals surface area contributed by atoms with Crippen molar-refractivity contribution in [2.45, 2.75) is 71.6 Å². The molecule has 0 fully saturated rings. The Morgan fingerprint density at radius 1 is 0.833 bits per heavy atom. The molecule has 0 spiro atoms. The molecular weight excluding hydrogens is 216 g/mol. The van der Waals surface area contributed by atoms with Gasteiger partial charge in [-0.1, -0.05) is 83.2 Å². The van der Waals surface area contributed by atoms with Crippen LogP contribution in [0.25, 0.3) is 0 Å². The van der Waals surface area contributed by atoms with Gasteiger partial charge in [-0.3, -0.25) is 0 Å². The lowest BCUT2D eigenvalue weighted by Crippen LogP contribution is -2.03. The van der Waals surface area contributed by atoms with E-state index in [1.807, 2.05) is 0 Å². The lowest BCUT2D eigenvalue weighted by Gasteiger charge is -2.19. The highest BCUT2D eigenvalue weighted by atomic mass is 14.2. The van der Waals surface area contributed by atoms with Gasteiger partial charge < -0.3 is 0 Å². The van der Waals surface area contributed by atoms with Crippen molar-refractivity contribution in [1.29, 1.82) is 0 Å². The average molecular weight is 246 g/mol. The second kappa shape index (κ2) is 9.19. The second-order valence-electron chi connectivity index (χ2n) is 5.69. The van der Waals surface area contributed by atoms with Crippen molar-refractivity contribution < 1.29 is 0 Å². The monoisotopic (exact) mass is 246 g/mol. The largest absolute Gasteiger partial charge is 0.0654 e. The van der Waals surface area contributed by atoms with Crippen LogP contribution in [0.15, 0.2) is 30.3 Å². The van der Waals surface area contributed by atoms with Crippen LogP contribution in [-0.4, -0.2) is 0 Å². The predicted octanol–water partition coefficient (Wildman–Crippen LogP) is 6.18. The van der Waals surface area contributed by atoms with Crippen LogP contribution in [0.1, 0.15) is 77.2 Å². The number of rotatable bonds is 9. The van der Waals surface area contributed by atoms with Gasteiger partial charge in [-0.25, -0.2) is 0 Å². The average Bonchev–Trinajstić information content (AvgIpc) is 2.42. The summed E-state index contributed by atoms with van der Waals surface area (Å²) in [6.07, 6.45) is 9.70. The summed E-state index contributed by atoms with van der Waals surface area (Å²) in [7, 11) is 0. The molecule has 0 N–H and O–H groups in total. The van der Waals surface area contributed by atoms with Gasteiger partial charge in [0, 0.05) is 0 Å². The summed E-state index contributed by atoms with van der Waals surface area (Å²) in [5.41, 5.74) is 1.50. The first-order chi connectivity index (χ1) is 8.77. The van der Waals surface area contributed by atoms with Crippen LogP contribution < -0.4 is 0 Å². The Hall–Kier alpha value is -0.780. The van der Waals surface area contributed by atoms with Gasteiger partial charge in [-0.05, 0) is 30.2 Å². The predicted molar refractivity (Wildman–Crippen MR) is 82.0 cm³/mol. The number of hydrogen-bond donors (Lipinski definition) is 0. The normalized spacial score (nSPS) is 14.4. The van der Waals surface area contributed by atoms with Crippen LogP contribution in [-0.2, 0) is 0 Å². The summed E-state index contributed by atoms with van der Waals surface area (Å²) in [6.45, 7) is 6.99. The van der Waals surface area contributed by atoms with Crippen molar-refractivity contribution in [3.63, 3.8) is 0 Å². The van der Waals surface area contributed by atoms with E-state index < -0.39 is 0 Å². The maximum absolute atomic E-state index is 2.37. The van der Waals surface area contributed by atoms with Crippen LogP contribution in [0.3, 0.4) is 0 Å². The Morgan fingerprint density at radius 3 is 2.17 bits per heavy atom. The SMILES string of the molecule is CCCCC(CCC)CCC(C)c1ccccc1. The number of benzene rings is 1. The zero-order valence-corrected chi connectivity index (χ0v) is 12.5. The summed E-state index contributed by atoms with van der Waals surface area (Å²) in [5, 5.41) is 0. The molecule has 0 nitrogen and oxygen atoms in total. The lowest BCUT2D eigenvalue weighted by atomic mass is 9.87. The van der Waals surface area contributed by atoms with Crippen molar-refractivity contribution in [2.75, 3.05) is 0 Å². The van der Waals surface area contributed by atoms with Crippen LogP contribution in [0.4, 0.5) is 0 Å². The highest BCUT2D eigenvalue weighted by molar-refractivity contribution is 5.18. The summed E-state index contributed by atoms with van der Waals surface area (Å²) in [6, 6.07) is 11.0. The van der Waals surface area contributed by atoms with Gasteiger partial charge >= 0.3 is 0 Å². The highest BCUT2D eigenvalue weighted by Crippen LogP contribution is 2.27. The van der Waals surface area contributed by atoms with Gasteiger partial charge in [0.2, 0.25) is 0 Å². The Bertz CT molecular complexity index is 288. The molecule has 0 amide bonds. The van der Waals surface area contributed by atoms with E-state index in [0.717, 1.165) is 5.92 Å². The van der Waals surface area contributed by atoms with Crippen molar-refractivity contribution in [1.82, 2.24) is 0 Å². The Labute approximate surface area is 114 Å². The smallest absolute Gasteiger partial charge is 0.0190 e. The van der Waals surface area contributed by atoms with Gasteiger partial charge in [0.05, 0.1) is 0 Å². The molecule has 1 aromatic carbocycles. The molecule has 2 unspecified atom stereocenters. The molecule has 0 saturated carbocycles. The maximum atomic E-state index is 2.37. The third-order valence-electron chi connectivity index (χ3n) is 4.04. The number of unbranched alkanes of at least 4 members (excludes halogenated alkanes) is 1. The van der Waals surface area contributed by atoms with E-state index in [4.69, 9.17) is 0 Å².